The van der Waals surface area contributed by atoms with Gasteiger partial charge in [0.15, 0.2) is 18.4 Å². The minimum Gasteiger partial charge on any atom is -0.478 e. The molecule has 4 heterocycles. The van der Waals surface area contributed by atoms with E-state index in [-0.39, 0.29) is 73.3 Å². The number of hydrogen-bond acceptors (Lipinski definition) is 18. The molecule has 62 heavy (non-hydrogen) atoms. The molecule has 2 aliphatic carbocycles. The number of aliphatic hydroxyl groups is 6. The Balaban J connectivity index is 1.44. The lowest BCUT2D eigenvalue weighted by Crippen LogP contribution is -2.69. The summed E-state index contributed by atoms with van der Waals surface area (Å²) in [6, 6.07) is -0.481. The molecule has 6 rings (SSSR count). The number of aliphatic imine (C=N–C) groups is 1. The average molecular weight is 912 g/mol. The molecule has 10 unspecified atom stereocenters. The Kier molecular flexibility index (Phi) is 16.9. The minimum atomic E-state index is -2.95. The van der Waals surface area contributed by atoms with E-state index < -0.39 is 73.1 Å². The normalized spacial score (nSPS) is 33.8. The summed E-state index contributed by atoms with van der Waals surface area (Å²) in [6.45, 7) is 2.92. The summed E-state index contributed by atoms with van der Waals surface area (Å²) in [6.07, 6.45) is 5.19. The molecule has 0 aromatic heterocycles. The summed E-state index contributed by atoms with van der Waals surface area (Å²) in [5, 5.41) is 78.9. The number of hydrogen-bond donors (Lipinski definition) is 10. The molecule has 1 saturated heterocycles. The summed E-state index contributed by atoms with van der Waals surface area (Å²) in [7, 11) is 4.79. The van der Waals surface area contributed by atoms with E-state index in [0.717, 1.165) is 32.1 Å². The lowest BCUT2D eigenvalue weighted by molar-refractivity contribution is -0.410. The summed E-state index contributed by atoms with van der Waals surface area (Å²) < 4.78 is 30.2. The van der Waals surface area contributed by atoms with E-state index >= 15 is 0 Å². The molecule has 21 heteroatoms. The number of nitrogens with one attached hydrogen (secondary N) is 2. The van der Waals surface area contributed by atoms with Crippen LogP contribution in [0.5, 0.6) is 0 Å². The fourth-order valence-corrected chi connectivity index (χ4v) is 12.2. The fourth-order valence-electron chi connectivity index (χ4n) is 9.30. The van der Waals surface area contributed by atoms with Crippen molar-refractivity contribution in [3.8, 4) is 0 Å². The van der Waals surface area contributed by atoms with E-state index in [9.17, 15) is 45.3 Å². The first-order valence-electron chi connectivity index (χ1n) is 21.0. The van der Waals surface area contributed by atoms with Crippen LogP contribution in [-0.2, 0) is 33.3 Å². The number of nitrogens with two attached hydrogens (primary N) is 1. The van der Waals surface area contributed by atoms with Crippen molar-refractivity contribution in [2.24, 2.45) is 33.9 Å². The average Bonchev–Trinajstić information content (AvgIpc) is 3.86. The maximum absolute atomic E-state index is 14.5. The van der Waals surface area contributed by atoms with E-state index in [1.807, 2.05) is 0 Å². The van der Waals surface area contributed by atoms with Crippen LogP contribution in [-0.4, -0.2) is 166 Å². The van der Waals surface area contributed by atoms with Crippen LogP contribution in [0.1, 0.15) is 44.9 Å². The minimum absolute atomic E-state index is 0.0402. The molecule has 4 aliphatic heterocycles. The molecule has 6 aliphatic rings. The van der Waals surface area contributed by atoms with Crippen LogP contribution in [0.2, 0.25) is 0 Å². The Morgan fingerprint density at radius 2 is 1.90 bits per heavy atom. The number of carbonyl (C=O) groups is 2. The van der Waals surface area contributed by atoms with Crippen molar-refractivity contribution < 1.29 is 69.0 Å². The fraction of sp³-hybridized carbons (Fsp3) is 0.683. The molecule has 0 radical (unpaired) electrons. The van der Waals surface area contributed by atoms with Crippen molar-refractivity contribution in [3.05, 3.63) is 59.7 Å². The maximum Gasteiger partial charge on any atom is 0.339 e. The van der Waals surface area contributed by atoms with Gasteiger partial charge in [-0.1, -0.05) is 52.7 Å². The van der Waals surface area contributed by atoms with Gasteiger partial charge in [-0.3, -0.25) is 10.3 Å². The van der Waals surface area contributed by atoms with Crippen molar-refractivity contribution in [3.63, 3.8) is 0 Å². The van der Waals surface area contributed by atoms with Crippen molar-refractivity contribution in [1.82, 2.24) is 15.5 Å². The standard InChI is InChI=1S/C41H61N5O14S2/c1-3-25-26-8-7-23-15-46(16-27(35(51)52)32(23)45-39(42)44-13-6-14-47)24(17-48)20-61-62-21-29-30(9-12-40(29)10-4-5-11-40)58-36(53)28(26)19-56-37(25)60-38-34(57-22-43-2)41(54,55)33(50)31(18-49)59-38/h3,7-8,16,19,24-26,29-31,33-34,37-38,43,47-50,54-55H,1,4-6,9-15,17-18,20-22H2,2H3,(H,51,52)(H3,42,44,45). The lowest BCUT2D eigenvalue weighted by atomic mass is 9.77. The Morgan fingerprint density at radius 1 is 1.15 bits per heavy atom. The molecule has 3 fully saturated rings. The Morgan fingerprint density at radius 3 is 2.58 bits per heavy atom. The number of carboxylic acids is 1. The maximum atomic E-state index is 14.5. The number of nitrogens with zero attached hydrogens (tertiary/aromatic N) is 2. The number of aliphatic hydroxyl groups excluding tert-OH is 4. The predicted octanol–water partition coefficient (Wildman–Crippen LogP) is 0.00190. The number of ether oxygens (including phenoxy) is 5. The van der Waals surface area contributed by atoms with Gasteiger partial charge in [0.2, 0.25) is 12.1 Å². The zero-order valence-electron chi connectivity index (χ0n) is 34.8. The van der Waals surface area contributed by atoms with Gasteiger partial charge < -0.3 is 75.4 Å². The highest BCUT2D eigenvalue weighted by atomic mass is 33.1. The summed E-state index contributed by atoms with van der Waals surface area (Å²) >= 11 is 0. The van der Waals surface area contributed by atoms with Gasteiger partial charge in [-0.15, -0.1) is 6.58 Å². The monoisotopic (exact) mass is 911 g/mol. The SMILES string of the molecule is C=CC1C(OC2OC(CO)C(O)C(O)(O)C2OCNC)OC=C2C(=O)OC3CCC4(CCCC4)C3CSSCC(CO)N3C=C(C(=O)O)C(NC(N)=NCCCO)=C(C=CC21)C3. The van der Waals surface area contributed by atoms with Crippen LogP contribution in [0.25, 0.3) is 0 Å². The van der Waals surface area contributed by atoms with Crippen LogP contribution in [0.3, 0.4) is 0 Å². The second kappa shape index (κ2) is 21.7. The topological polar surface area (TPSA) is 288 Å². The number of rotatable bonds is 13. The van der Waals surface area contributed by atoms with Crippen molar-refractivity contribution in [2.45, 2.75) is 93.8 Å². The van der Waals surface area contributed by atoms with Gasteiger partial charge in [0.05, 0.1) is 55.0 Å². The zero-order chi connectivity index (χ0) is 44.6. The first-order chi connectivity index (χ1) is 29.8. The second-order valence-electron chi connectivity index (χ2n) is 16.4. The third kappa shape index (κ3) is 10.5. The Labute approximate surface area is 368 Å². The van der Waals surface area contributed by atoms with Crippen LogP contribution < -0.4 is 16.4 Å². The molecule has 0 aromatic rings. The molecular formula is C41H61N5O14S2. The third-order valence-corrected chi connectivity index (χ3v) is 15.2. The van der Waals surface area contributed by atoms with Gasteiger partial charge in [-0.2, -0.15) is 0 Å². The van der Waals surface area contributed by atoms with Gasteiger partial charge >= 0.3 is 11.9 Å². The first kappa shape index (κ1) is 48.3. The number of fused-ring (bicyclic) bond motifs is 5. The van der Waals surface area contributed by atoms with Gasteiger partial charge in [0, 0.05) is 49.2 Å². The van der Waals surface area contributed by atoms with Gasteiger partial charge in [0.25, 0.3) is 0 Å². The lowest BCUT2D eigenvalue weighted by Gasteiger charge is -2.47. The van der Waals surface area contributed by atoms with Crippen molar-refractivity contribution in [1.29, 1.82) is 0 Å². The van der Waals surface area contributed by atoms with Crippen molar-refractivity contribution >= 4 is 39.5 Å². The molecule has 2 bridgehead atoms. The van der Waals surface area contributed by atoms with Crippen molar-refractivity contribution in [2.75, 3.05) is 58.2 Å². The molecular weight excluding hydrogens is 851 g/mol. The summed E-state index contributed by atoms with van der Waals surface area (Å²) in [5.41, 5.74) is 6.75. The number of carbonyl (C=O) groups excluding carboxylic acids is 1. The largest absolute Gasteiger partial charge is 0.478 e. The van der Waals surface area contributed by atoms with Gasteiger partial charge in [-0.05, 0) is 50.1 Å². The predicted molar refractivity (Wildman–Crippen MR) is 228 cm³/mol. The smallest absolute Gasteiger partial charge is 0.339 e. The van der Waals surface area contributed by atoms with Crippen LogP contribution in [0.4, 0.5) is 0 Å². The molecule has 11 N–H and O–H groups in total. The molecule has 0 aromatic carbocycles. The Hall–Kier alpha value is -3.19. The molecule has 19 nitrogen and oxygen atoms in total. The third-order valence-electron chi connectivity index (χ3n) is 12.7. The number of guanidine groups is 1. The number of carboxylic acid groups (broad SMARTS) is 1. The van der Waals surface area contributed by atoms with Crippen LogP contribution in [0, 0.1) is 23.2 Å². The second-order valence-corrected chi connectivity index (χ2v) is 19.0. The van der Waals surface area contributed by atoms with E-state index in [1.165, 1.54) is 18.5 Å². The molecule has 346 valence electrons. The first-order valence-corrected chi connectivity index (χ1v) is 23.5. The van der Waals surface area contributed by atoms with E-state index in [1.54, 1.807) is 45.7 Å². The quantitative estimate of drug-likeness (QED) is 0.0221. The summed E-state index contributed by atoms with van der Waals surface area (Å²) in [4.78, 5) is 33.5. The Bertz CT molecular complexity index is 1760. The zero-order valence-corrected chi connectivity index (χ0v) is 36.4. The summed E-state index contributed by atoms with van der Waals surface area (Å²) in [5.74, 6) is -5.55. The highest BCUT2D eigenvalue weighted by Gasteiger charge is 2.58. The van der Waals surface area contributed by atoms with E-state index in [2.05, 4.69) is 22.2 Å². The highest BCUT2D eigenvalue weighted by molar-refractivity contribution is 8.76. The molecule has 1 spiro atoms. The van der Waals surface area contributed by atoms with Gasteiger partial charge in [-0.25, -0.2) is 9.59 Å². The number of allylic oxidation sites excluding steroid dienone is 1. The number of aliphatic carboxylic acids is 1. The molecule has 2 saturated carbocycles. The van der Waals surface area contributed by atoms with Crippen LogP contribution >= 0.6 is 21.6 Å². The van der Waals surface area contributed by atoms with Gasteiger partial charge in [0.1, 0.15) is 18.3 Å². The van der Waals surface area contributed by atoms with Crippen LogP contribution in [0.15, 0.2) is 64.7 Å². The molecule has 10 atom stereocenters. The number of esters is 1. The van der Waals surface area contributed by atoms with E-state index in [0.29, 0.717) is 29.9 Å². The van der Waals surface area contributed by atoms with E-state index in [4.69, 9.17) is 29.4 Å². The molecule has 0 amide bonds. The highest BCUT2D eigenvalue weighted by Crippen LogP contribution is 2.57.